The van der Waals surface area contributed by atoms with Gasteiger partial charge in [-0.3, -0.25) is 0 Å². The molecule has 98 valence electrons. The maximum absolute atomic E-state index is 9.04. The van der Waals surface area contributed by atoms with Gasteiger partial charge in [0.15, 0.2) is 12.5 Å². The predicted molar refractivity (Wildman–Crippen MR) is 78.8 cm³/mol. The number of nitrogens with one attached hydrogen (secondary N) is 1. The summed E-state index contributed by atoms with van der Waals surface area (Å²) in [5.74, 6) is 0.666. The molecule has 0 spiro atoms. The van der Waals surface area contributed by atoms with E-state index in [2.05, 4.69) is 42.9 Å². The molecule has 1 aromatic heterocycles. The van der Waals surface area contributed by atoms with Crippen LogP contribution in [0.5, 0.6) is 5.75 Å². The van der Waals surface area contributed by atoms with Gasteiger partial charge in [0.2, 0.25) is 0 Å². The zero-order valence-electron chi connectivity index (χ0n) is 10.0. The average Bonchev–Trinajstić information content (AvgIpc) is 2.86. The fourth-order valence-electron chi connectivity index (χ4n) is 1.67. The first kappa shape index (κ1) is 14.1. The second-order valence-electron chi connectivity index (χ2n) is 3.71. The Balaban J connectivity index is 2.43. The molecule has 1 aromatic carbocycles. The molecule has 0 amide bonds. The summed E-state index contributed by atoms with van der Waals surface area (Å²) in [5.41, 5.74) is 2.37. The second kappa shape index (κ2) is 6.24. The molecule has 0 saturated carbocycles. The summed E-state index contributed by atoms with van der Waals surface area (Å²) in [6.07, 6.45) is 3.47. The van der Waals surface area contributed by atoms with Gasteiger partial charge in [-0.25, -0.2) is 0 Å². The van der Waals surface area contributed by atoms with Crippen LogP contribution in [0.25, 0.3) is 11.1 Å². The molecule has 0 aliphatic carbocycles. The molecule has 4 nitrogen and oxygen atoms in total. The Morgan fingerprint density at radius 2 is 1.95 bits per heavy atom. The Labute approximate surface area is 127 Å². The Kier molecular flexibility index (Phi) is 4.64. The number of rotatable bonds is 4. The van der Waals surface area contributed by atoms with Crippen molar-refractivity contribution < 1.29 is 9.47 Å². The van der Waals surface area contributed by atoms with Gasteiger partial charge < -0.3 is 14.5 Å². The molecule has 0 bridgehead atoms. The van der Waals surface area contributed by atoms with Crippen LogP contribution >= 0.6 is 31.9 Å². The second-order valence-corrected chi connectivity index (χ2v) is 5.42. The molecule has 6 heteroatoms. The first-order valence-corrected chi connectivity index (χ1v) is 6.94. The number of H-pyrrole nitrogens is 1. The molecule has 1 N–H and O–H groups in total. The van der Waals surface area contributed by atoms with Crippen molar-refractivity contribution in [2.45, 2.75) is 0 Å². The van der Waals surface area contributed by atoms with Gasteiger partial charge in [-0.05, 0) is 49.6 Å². The molecule has 0 aliphatic rings. The first-order chi connectivity index (χ1) is 9.17. The molecule has 0 unspecified atom stereocenters. The molecule has 0 saturated heterocycles. The topological polar surface area (TPSA) is 58.0 Å². The highest BCUT2D eigenvalue weighted by atomic mass is 79.9. The lowest BCUT2D eigenvalue weighted by molar-refractivity contribution is 0.0500. The van der Waals surface area contributed by atoms with E-state index in [-0.39, 0.29) is 6.79 Å². The number of hydrogen-bond acceptors (Lipinski definition) is 3. The van der Waals surface area contributed by atoms with Crippen molar-refractivity contribution in [3.8, 4) is 22.9 Å². The van der Waals surface area contributed by atoms with Crippen molar-refractivity contribution in [1.29, 1.82) is 5.26 Å². The smallest absolute Gasteiger partial charge is 0.188 e. The van der Waals surface area contributed by atoms with Gasteiger partial charge in [-0.1, -0.05) is 0 Å². The lowest BCUT2D eigenvalue weighted by Crippen LogP contribution is -2.00. The highest BCUT2D eigenvalue weighted by molar-refractivity contribution is 9.11. The van der Waals surface area contributed by atoms with Gasteiger partial charge in [0.05, 0.1) is 14.5 Å². The first-order valence-electron chi connectivity index (χ1n) is 5.35. The minimum atomic E-state index is 0.171. The molecular formula is C13H10Br2N2O2. The van der Waals surface area contributed by atoms with Crippen LogP contribution in [-0.2, 0) is 4.74 Å². The highest BCUT2D eigenvalue weighted by Gasteiger charge is 2.13. The lowest BCUT2D eigenvalue weighted by atomic mass is 10.1. The van der Waals surface area contributed by atoms with Crippen LogP contribution in [0.2, 0.25) is 0 Å². The fourth-order valence-corrected chi connectivity index (χ4v) is 3.08. The van der Waals surface area contributed by atoms with Crippen molar-refractivity contribution in [3.63, 3.8) is 0 Å². The Morgan fingerprint density at radius 3 is 2.53 bits per heavy atom. The Hall–Kier alpha value is -1.29. The maximum atomic E-state index is 9.04. The van der Waals surface area contributed by atoms with Gasteiger partial charge in [-0.15, -0.1) is 0 Å². The standard InChI is InChI=1S/C13H10Br2N2O2/c1-18-7-19-13-11(14)2-8(3-12(13)15)10-6-17-5-9(10)4-16/h2-3,5-6,17H,7H2,1H3. The highest BCUT2D eigenvalue weighted by Crippen LogP contribution is 2.38. The predicted octanol–water partition coefficient (Wildman–Crippen LogP) is 4.06. The van der Waals surface area contributed by atoms with E-state index in [1.807, 2.05) is 12.1 Å². The average molecular weight is 386 g/mol. The fraction of sp³-hybridized carbons (Fsp3) is 0.154. The number of methoxy groups -OCH3 is 1. The van der Waals surface area contributed by atoms with Crippen LogP contribution in [0.3, 0.4) is 0 Å². The quantitative estimate of drug-likeness (QED) is 0.807. The van der Waals surface area contributed by atoms with Crippen LogP contribution in [0.4, 0.5) is 0 Å². The number of aromatic nitrogens is 1. The molecule has 0 aliphatic heterocycles. The molecule has 0 fully saturated rings. The SMILES string of the molecule is COCOc1c(Br)cc(-c2c[nH]cc2C#N)cc1Br. The third kappa shape index (κ3) is 3.00. The molecule has 1 heterocycles. The molecular weight excluding hydrogens is 376 g/mol. The molecule has 2 rings (SSSR count). The number of ether oxygens (including phenoxy) is 2. The van der Waals surface area contributed by atoms with E-state index in [9.17, 15) is 0 Å². The van der Waals surface area contributed by atoms with Crippen LogP contribution in [0.1, 0.15) is 5.56 Å². The molecule has 2 aromatic rings. The number of benzene rings is 1. The largest absolute Gasteiger partial charge is 0.465 e. The third-order valence-electron chi connectivity index (χ3n) is 2.50. The summed E-state index contributed by atoms with van der Waals surface area (Å²) >= 11 is 6.91. The summed E-state index contributed by atoms with van der Waals surface area (Å²) in [7, 11) is 1.56. The lowest BCUT2D eigenvalue weighted by Gasteiger charge is -2.11. The number of aromatic amines is 1. The van der Waals surface area contributed by atoms with Crippen LogP contribution < -0.4 is 4.74 Å². The van der Waals surface area contributed by atoms with Crippen molar-refractivity contribution in [2.75, 3.05) is 13.9 Å². The van der Waals surface area contributed by atoms with E-state index < -0.39 is 0 Å². The Morgan fingerprint density at radius 1 is 1.26 bits per heavy atom. The van der Waals surface area contributed by atoms with E-state index >= 15 is 0 Å². The molecule has 0 atom stereocenters. The maximum Gasteiger partial charge on any atom is 0.188 e. The van der Waals surface area contributed by atoms with Gasteiger partial charge in [0.25, 0.3) is 0 Å². The van der Waals surface area contributed by atoms with Gasteiger partial charge in [-0.2, -0.15) is 5.26 Å². The summed E-state index contributed by atoms with van der Waals surface area (Å²) in [6, 6.07) is 5.95. The summed E-state index contributed by atoms with van der Waals surface area (Å²) in [5, 5.41) is 9.04. The monoisotopic (exact) mass is 384 g/mol. The minimum Gasteiger partial charge on any atom is -0.465 e. The van der Waals surface area contributed by atoms with E-state index in [4.69, 9.17) is 14.7 Å². The van der Waals surface area contributed by atoms with Gasteiger partial charge in [0.1, 0.15) is 6.07 Å². The van der Waals surface area contributed by atoms with E-state index in [0.717, 1.165) is 20.1 Å². The van der Waals surface area contributed by atoms with E-state index in [0.29, 0.717) is 11.3 Å². The van der Waals surface area contributed by atoms with Crippen molar-refractivity contribution in [3.05, 3.63) is 39.0 Å². The van der Waals surface area contributed by atoms with Crippen molar-refractivity contribution >= 4 is 31.9 Å². The van der Waals surface area contributed by atoms with Crippen LogP contribution in [-0.4, -0.2) is 18.9 Å². The zero-order valence-corrected chi connectivity index (χ0v) is 13.2. The van der Waals surface area contributed by atoms with E-state index in [1.165, 1.54) is 0 Å². The number of nitrogens with zero attached hydrogens (tertiary/aromatic N) is 1. The third-order valence-corrected chi connectivity index (χ3v) is 3.67. The number of halogens is 2. The Bertz CT molecular complexity index is 609. The van der Waals surface area contributed by atoms with Gasteiger partial charge >= 0.3 is 0 Å². The van der Waals surface area contributed by atoms with Crippen molar-refractivity contribution in [2.24, 2.45) is 0 Å². The summed E-state index contributed by atoms with van der Waals surface area (Å²) in [6.45, 7) is 0.171. The minimum absolute atomic E-state index is 0.171. The summed E-state index contributed by atoms with van der Waals surface area (Å²) in [4.78, 5) is 2.93. The zero-order chi connectivity index (χ0) is 13.8. The normalized spacial score (nSPS) is 10.2. The molecule has 0 radical (unpaired) electrons. The number of hydrogen-bond donors (Lipinski definition) is 1. The van der Waals surface area contributed by atoms with E-state index in [1.54, 1.807) is 19.5 Å². The summed E-state index contributed by atoms with van der Waals surface area (Å²) < 4.78 is 11.9. The number of nitriles is 1. The van der Waals surface area contributed by atoms with Gasteiger partial charge in [0, 0.05) is 25.1 Å². The van der Waals surface area contributed by atoms with Crippen molar-refractivity contribution in [1.82, 2.24) is 4.98 Å². The molecule has 19 heavy (non-hydrogen) atoms. The van der Waals surface area contributed by atoms with Crippen LogP contribution in [0.15, 0.2) is 33.5 Å². The van der Waals surface area contributed by atoms with Crippen LogP contribution in [0, 0.1) is 11.3 Å².